The predicted octanol–water partition coefficient (Wildman–Crippen LogP) is 6.66. The van der Waals surface area contributed by atoms with Gasteiger partial charge in [-0.25, -0.2) is 0 Å². The van der Waals surface area contributed by atoms with Crippen LogP contribution in [0.5, 0.6) is 0 Å². The summed E-state index contributed by atoms with van der Waals surface area (Å²) >= 11 is -0.462. The van der Waals surface area contributed by atoms with Crippen LogP contribution in [0.25, 0.3) is 12.2 Å². The van der Waals surface area contributed by atoms with E-state index in [1.165, 1.54) is 22.3 Å². The summed E-state index contributed by atoms with van der Waals surface area (Å²) in [6.07, 6.45) is 5.40. The maximum atomic E-state index is 2.70. The molecule has 5 heteroatoms. The molecule has 0 radical (unpaired) electrons. The van der Waals surface area contributed by atoms with Gasteiger partial charge in [0.15, 0.2) is 0 Å². The Morgan fingerprint density at radius 2 is 0.721 bits per heavy atom. The molecule has 0 saturated carbocycles. The van der Waals surface area contributed by atoms with Crippen molar-refractivity contribution in [2.75, 3.05) is 0 Å². The number of aryl methyl sites for hydroxylation is 4. The van der Waals surface area contributed by atoms with Gasteiger partial charge >= 0.3 is 266 Å². The van der Waals surface area contributed by atoms with E-state index in [4.69, 9.17) is 0 Å². The maximum absolute atomic E-state index is 2.70. The number of benzene rings is 2. The third-order valence-corrected chi connectivity index (χ3v) is 19.6. The van der Waals surface area contributed by atoms with Crippen LogP contribution in [0.2, 0.25) is 0 Å². The first-order valence-corrected chi connectivity index (χ1v) is 20.0. The molecule has 43 heavy (non-hydrogen) atoms. The third kappa shape index (κ3) is 7.63. The molecule has 2 aromatic rings. The fraction of sp³-hybridized carbons (Fsp3) is 0.579. The van der Waals surface area contributed by atoms with Gasteiger partial charge in [-0.3, -0.25) is 0 Å². The normalized spacial score (nSPS) is 18.5. The van der Waals surface area contributed by atoms with E-state index in [9.17, 15) is 0 Å². The van der Waals surface area contributed by atoms with E-state index < -0.39 is 19.2 Å². The Morgan fingerprint density at radius 1 is 0.465 bits per heavy atom. The second-order valence-corrected chi connectivity index (χ2v) is 26.6. The Balaban J connectivity index is 0.00000323. The van der Waals surface area contributed by atoms with E-state index in [1.54, 1.807) is 32.9 Å². The molecule has 0 spiro atoms. The number of hydrogen-bond acceptors (Lipinski definition) is 0. The van der Waals surface area contributed by atoms with Crippen molar-refractivity contribution >= 4 is 28.0 Å². The van der Waals surface area contributed by atoms with Crippen molar-refractivity contribution in [1.29, 1.82) is 0 Å². The molecule has 0 amide bonds. The van der Waals surface area contributed by atoms with Crippen LogP contribution < -0.4 is 24.8 Å². The SMILES string of the molecule is Cc1ccc(C)c2c1C=C(P(C(C)(C)C)C(C)(C)C)[CH]2[Ti+2][CH]1C(P(C(C)(C)C)C(C)(C)C)=Cc2c(C)ccc(C)c21.[Cl-].[Cl-]. The second kappa shape index (κ2) is 13.3. The van der Waals surface area contributed by atoms with Gasteiger partial charge < -0.3 is 24.8 Å². The Labute approximate surface area is 289 Å². The van der Waals surface area contributed by atoms with Crippen LogP contribution in [0.3, 0.4) is 0 Å². The van der Waals surface area contributed by atoms with E-state index in [-0.39, 0.29) is 61.3 Å². The van der Waals surface area contributed by atoms with Gasteiger partial charge in [-0.05, 0) is 0 Å². The standard InChI is InChI=1S/2C19H28P.2ClH.Ti/c2*1-13-9-10-14(2)17-12-15(11-16(13)17)20(18(3,4)5)19(6,7)8;;;/h2*9-12H,1-8H3;2*1H;/q;;;;+2/p-2. The van der Waals surface area contributed by atoms with Crippen molar-refractivity contribution in [3.05, 3.63) is 79.4 Å². The van der Waals surface area contributed by atoms with Crippen LogP contribution in [0.4, 0.5) is 0 Å². The zero-order valence-corrected chi connectivity index (χ0v) is 34.6. The first-order chi connectivity index (χ1) is 18.5. The largest absolute Gasteiger partial charge is 1.00 e. The van der Waals surface area contributed by atoms with Gasteiger partial charge in [0.1, 0.15) is 0 Å². The zero-order valence-electron chi connectivity index (χ0n) is 29.8. The molecular weight excluding hydrogens is 637 g/mol. The molecule has 2 atom stereocenters. The summed E-state index contributed by atoms with van der Waals surface area (Å²) in [6.45, 7) is 39.5. The molecular formula is C38H56Cl2P2Ti. The average Bonchev–Trinajstić information content (AvgIpc) is 3.31. The Hall–Kier alpha value is 0.0743. The number of fused-ring (bicyclic) bond motifs is 2. The molecule has 2 unspecified atom stereocenters. The molecule has 0 aliphatic heterocycles. The number of allylic oxidation sites excluding steroid dienone is 2. The van der Waals surface area contributed by atoms with Crippen LogP contribution in [0, 0.1) is 27.7 Å². The van der Waals surface area contributed by atoms with E-state index in [0.717, 1.165) is 0 Å². The van der Waals surface area contributed by atoms with Gasteiger partial charge in [0.2, 0.25) is 0 Å². The summed E-state index contributed by atoms with van der Waals surface area (Å²) in [5.41, 5.74) is 12.4. The van der Waals surface area contributed by atoms with Crippen molar-refractivity contribution in [3.8, 4) is 0 Å². The molecule has 0 heterocycles. The average molecular weight is 694 g/mol. The number of rotatable bonds is 4. The minimum atomic E-state index is -0.462. The molecule has 0 aromatic heterocycles. The Kier molecular flexibility index (Phi) is 12.1. The van der Waals surface area contributed by atoms with Gasteiger partial charge in [-0.15, -0.1) is 0 Å². The minimum absolute atomic E-state index is 0. The monoisotopic (exact) mass is 692 g/mol. The molecule has 2 aromatic carbocycles. The van der Waals surface area contributed by atoms with Crippen molar-refractivity contribution in [1.82, 2.24) is 0 Å². The van der Waals surface area contributed by atoms with Gasteiger partial charge in [0.05, 0.1) is 0 Å². The fourth-order valence-corrected chi connectivity index (χ4v) is 21.3. The predicted molar refractivity (Wildman–Crippen MR) is 186 cm³/mol. The Morgan fingerprint density at radius 3 is 0.977 bits per heavy atom. The summed E-state index contributed by atoms with van der Waals surface area (Å²) in [5.74, 6) is 0. The Bertz CT molecular complexity index is 1270. The molecule has 0 N–H and O–H groups in total. The minimum Gasteiger partial charge on any atom is -1.00 e. The summed E-state index contributed by atoms with van der Waals surface area (Å²) in [7, 11) is -0.705. The molecule has 2 aliphatic rings. The first-order valence-electron chi connectivity index (χ1n) is 15.5. The molecule has 2 aliphatic carbocycles. The van der Waals surface area contributed by atoms with Gasteiger partial charge in [0, 0.05) is 0 Å². The third-order valence-electron chi connectivity index (χ3n) is 8.73. The quantitative estimate of drug-likeness (QED) is 0.249. The number of hydrogen-bond donors (Lipinski definition) is 0. The molecule has 0 saturated heterocycles. The molecule has 4 rings (SSSR count). The van der Waals surface area contributed by atoms with Crippen LogP contribution in [-0.4, -0.2) is 20.6 Å². The molecule has 236 valence electrons. The van der Waals surface area contributed by atoms with Crippen LogP contribution in [-0.2, 0) is 19.2 Å². The number of halogens is 2. The molecule has 0 nitrogen and oxygen atoms in total. The summed E-state index contributed by atoms with van der Waals surface area (Å²) < 4.78 is 1.18. The van der Waals surface area contributed by atoms with E-state index in [2.05, 4.69) is 147 Å². The summed E-state index contributed by atoms with van der Waals surface area (Å²) in [4.78, 5) is 0. The van der Waals surface area contributed by atoms with Crippen molar-refractivity contribution in [2.24, 2.45) is 0 Å². The fourth-order valence-electron chi connectivity index (χ4n) is 8.07. The van der Waals surface area contributed by atoms with Crippen LogP contribution >= 0.6 is 15.8 Å². The van der Waals surface area contributed by atoms with Gasteiger partial charge in [-0.1, -0.05) is 0 Å². The molecule has 0 fully saturated rings. The molecule has 0 bridgehead atoms. The smallest absolute Gasteiger partial charge is 1.00 e. The first kappa shape index (κ1) is 39.3. The summed E-state index contributed by atoms with van der Waals surface area (Å²) in [5, 5.41) is 4.63. The second-order valence-electron chi connectivity index (χ2n) is 16.6. The van der Waals surface area contributed by atoms with Gasteiger partial charge in [-0.2, -0.15) is 0 Å². The van der Waals surface area contributed by atoms with Gasteiger partial charge in [0.25, 0.3) is 0 Å². The van der Waals surface area contributed by atoms with E-state index >= 15 is 0 Å². The summed E-state index contributed by atoms with van der Waals surface area (Å²) in [6, 6.07) is 9.55. The van der Waals surface area contributed by atoms with Crippen LogP contribution in [0.1, 0.15) is 136 Å². The topological polar surface area (TPSA) is 0 Å². The van der Waals surface area contributed by atoms with E-state index in [1.807, 2.05) is 0 Å². The van der Waals surface area contributed by atoms with Crippen molar-refractivity contribution in [2.45, 2.75) is 140 Å². The van der Waals surface area contributed by atoms with Crippen molar-refractivity contribution in [3.63, 3.8) is 0 Å². The van der Waals surface area contributed by atoms with Crippen LogP contribution in [0.15, 0.2) is 34.9 Å². The van der Waals surface area contributed by atoms with E-state index in [0.29, 0.717) is 8.45 Å². The maximum Gasteiger partial charge on any atom is -1.00 e. The van der Waals surface area contributed by atoms with Crippen molar-refractivity contribution < 1.29 is 44.0 Å². The zero-order chi connectivity index (χ0) is 31.0.